The third-order valence-corrected chi connectivity index (χ3v) is 6.63. The second-order valence-electron chi connectivity index (χ2n) is 7.87. The molecule has 3 heterocycles. The van der Waals surface area contributed by atoms with Gasteiger partial charge in [-0.3, -0.25) is 9.69 Å². The number of carbonyl (C=O) groups is 1. The van der Waals surface area contributed by atoms with Gasteiger partial charge in [0.05, 0.1) is 28.3 Å². The normalized spacial score (nSPS) is 14.7. The Morgan fingerprint density at radius 2 is 1.87 bits per heavy atom. The molecule has 1 aliphatic heterocycles. The summed E-state index contributed by atoms with van der Waals surface area (Å²) in [4.78, 5) is 28.4. The van der Waals surface area contributed by atoms with E-state index in [0.717, 1.165) is 30.9 Å². The van der Waals surface area contributed by atoms with Crippen LogP contribution in [0.5, 0.6) is 0 Å². The monoisotopic (exact) mass is 439 g/mol. The van der Waals surface area contributed by atoms with E-state index in [4.69, 9.17) is 0 Å². The quantitative estimate of drug-likeness (QED) is 0.434. The number of piperazine rings is 1. The minimum absolute atomic E-state index is 0.0509. The van der Waals surface area contributed by atoms with Crippen molar-refractivity contribution >= 4 is 23.1 Å². The van der Waals surface area contributed by atoms with Crippen molar-refractivity contribution in [3.63, 3.8) is 0 Å². The highest BCUT2D eigenvalue weighted by atomic mass is 32.1. The van der Waals surface area contributed by atoms with Gasteiger partial charge < -0.3 is 15.0 Å². The Labute approximate surface area is 184 Å². The Bertz CT molecular complexity index is 1100. The first-order valence-corrected chi connectivity index (χ1v) is 11.1. The van der Waals surface area contributed by atoms with Gasteiger partial charge in [0.25, 0.3) is 5.91 Å². The SMILES string of the molecule is Cc1ccccc1CN1CCN(C(=O)c2cc(Cn3nc([N+](=O)[O-])cc3C)cs2)CC1. The smallest absolute Gasteiger partial charge is 0.358 e. The van der Waals surface area contributed by atoms with Gasteiger partial charge >= 0.3 is 5.82 Å². The summed E-state index contributed by atoms with van der Waals surface area (Å²) in [7, 11) is 0. The molecule has 4 rings (SSSR count). The van der Waals surface area contributed by atoms with E-state index in [9.17, 15) is 14.9 Å². The summed E-state index contributed by atoms with van der Waals surface area (Å²) in [5, 5.41) is 16.9. The highest BCUT2D eigenvalue weighted by Crippen LogP contribution is 2.21. The van der Waals surface area contributed by atoms with Crippen molar-refractivity contribution in [3.05, 3.63) is 79.2 Å². The van der Waals surface area contributed by atoms with E-state index in [1.165, 1.54) is 28.5 Å². The number of nitro groups is 1. The fourth-order valence-electron chi connectivity index (χ4n) is 3.78. The molecule has 0 spiro atoms. The lowest BCUT2D eigenvalue weighted by atomic mass is 10.1. The highest BCUT2D eigenvalue weighted by molar-refractivity contribution is 7.12. The minimum atomic E-state index is -0.495. The van der Waals surface area contributed by atoms with Crippen LogP contribution in [0.4, 0.5) is 5.82 Å². The van der Waals surface area contributed by atoms with Crippen LogP contribution in [0.2, 0.25) is 0 Å². The summed E-state index contributed by atoms with van der Waals surface area (Å²) >= 11 is 1.42. The molecule has 1 aromatic carbocycles. The van der Waals surface area contributed by atoms with Gasteiger partial charge in [0.2, 0.25) is 0 Å². The van der Waals surface area contributed by atoms with Gasteiger partial charge in [0.1, 0.15) is 0 Å². The number of carbonyl (C=O) groups excluding carboxylic acids is 1. The molecule has 31 heavy (non-hydrogen) atoms. The zero-order valence-corrected chi connectivity index (χ0v) is 18.5. The zero-order chi connectivity index (χ0) is 22.0. The first-order chi connectivity index (χ1) is 14.9. The van der Waals surface area contributed by atoms with Gasteiger partial charge in [-0.15, -0.1) is 11.3 Å². The molecule has 1 saturated heterocycles. The average molecular weight is 440 g/mol. The van der Waals surface area contributed by atoms with E-state index in [0.29, 0.717) is 24.5 Å². The Morgan fingerprint density at radius 1 is 1.13 bits per heavy atom. The van der Waals surface area contributed by atoms with Crippen LogP contribution in [-0.2, 0) is 13.1 Å². The minimum Gasteiger partial charge on any atom is -0.358 e. The van der Waals surface area contributed by atoms with Gasteiger partial charge in [0.15, 0.2) is 0 Å². The number of benzene rings is 1. The standard InChI is InChI=1S/C22H25N5O3S/c1-16-5-3-4-6-19(16)14-24-7-9-25(10-8-24)22(28)20-12-18(15-31-20)13-26-17(2)11-21(23-26)27(29)30/h3-6,11-12,15H,7-10,13-14H2,1-2H3. The van der Waals surface area contributed by atoms with Gasteiger partial charge in [-0.05, 0) is 46.9 Å². The summed E-state index contributed by atoms with van der Waals surface area (Å²) in [6, 6.07) is 11.7. The molecule has 1 amide bonds. The highest BCUT2D eigenvalue weighted by Gasteiger charge is 2.24. The molecule has 9 heteroatoms. The van der Waals surface area contributed by atoms with E-state index in [1.54, 1.807) is 11.6 Å². The zero-order valence-electron chi connectivity index (χ0n) is 17.7. The second kappa shape index (κ2) is 8.99. The van der Waals surface area contributed by atoms with Crippen LogP contribution in [0.25, 0.3) is 0 Å². The summed E-state index contributed by atoms with van der Waals surface area (Å²) in [5.41, 5.74) is 4.27. The maximum absolute atomic E-state index is 13.0. The summed E-state index contributed by atoms with van der Waals surface area (Å²) in [6.45, 7) is 8.37. The number of thiophene rings is 1. The van der Waals surface area contributed by atoms with Crippen LogP contribution in [0.1, 0.15) is 32.1 Å². The molecule has 162 valence electrons. The van der Waals surface area contributed by atoms with Gasteiger partial charge in [-0.1, -0.05) is 24.3 Å². The largest absolute Gasteiger partial charge is 0.390 e. The molecule has 0 bridgehead atoms. The molecular weight excluding hydrogens is 414 g/mol. The third kappa shape index (κ3) is 4.83. The number of amides is 1. The van der Waals surface area contributed by atoms with Crippen molar-refractivity contribution in [1.82, 2.24) is 19.6 Å². The molecule has 0 aliphatic carbocycles. The van der Waals surface area contributed by atoms with Gasteiger partial charge in [-0.2, -0.15) is 4.68 Å². The summed E-state index contributed by atoms with van der Waals surface area (Å²) < 4.78 is 1.60. The number of hydrogen-bond donors (Lipinski definition) is 0. The van der Waals surface area contributed by atoms with Crippen LogP contribution in [0, 0.1) is 24.0 Å². The van der Waals surface area contributed by atoms with Crippen molar-refractivity contribution in [2.24, 2.45) is 0 Å². The fourth-order valence-corrected chi connectivity index (χ4v) is 4.65. The lowest BCUT2D eigenvalue weighted by molar-refractivity contribution is -0.389. The number of hydrogen-bond acceptors (Lipinski definition) is 6. The molecule has 1 fully saturated rings. The number of aromatic nitrogens is 2. The van der Waals surface area contributed by atoms with Crippen molar-refractivity contribution in [1.29, 1.82) is 0 Å². The molecule has 0 radical (unpaired) electrons. The van der Waals surface area contributed by atoms with E-state index in [-0.39, 0.29) is 11.7 Å². The Morgan fingerprint density at radius 3 is 2.55 bits per heavy atom. The topological polar surface area (TPSA) is 84.5 Å². The van der Waals surface area contributed by atoms with Crippen molar-refractivity contribution in [3.8, 4) is 0 Å². The van der Waals surface area contributed by atoms with Crippen molar-refractivity contribution in [2.75, 3.05) is 26.2 Å². The van der Waals surface area contributed by atoms with Crippen LogP contribution < -0.4 is 0 Å². The first-order valence-electron chi connectivity index (χ1n) is 10.2. The third-order valence-electron chi connectivity index (χ3n) is 5.67. The lowest BCUT2D eigenvalue weighted by Crippen LogP contribution is -2.48. The van der Waals surface area contributed by atoms with E-state index < -0.39 is 4.92 Å². The van der Waals surface area contributed by atoms with E-state index >= 15 is 0 Å². The van der Waals surface area contributed by atoms with Gasteiger partial charge in [0, 0.05) is 32.7 Å². The lowest BCUT2D eigenvalue weighted by Gasteiger charge is -2.34. The predicted octanol–water partition coefficient (Wildman–Crippen LogP) is 3.48. The predicted molar refractivity (Wildman–Crippen MR) is 119 cm³/mol. The molecule has 2 aromatic heterocycles. The number of aryl methyl sites for hydroxylation is 2. The van der Waals surface area contributed by atoms with Crippen LogP contribution in [0.15, 0.2) is 41.8 Å². The average Bonchev–Trinajstić information content (AvgIpc) is 3.37. The maximum Gasteiger partial charge on any atom is 0.390 e. The molecule has 0 saturated carbocycles. The number of rotatable bonds is 6. The van der Waals surface area contributed by atoms with Crippen LogP contribution in [0.3, 0.4) is 0 Å². The van der Waals surface area contributed by atoms with E-state index in [2.05, 4.69) is 41.2 Å². The van der Waals surface area contributed by atoms with Crippen molar-refractivity contribution < 1.29 is 9.72 Å². The first kappa shape index (κ1) is 21.2. The number of nitrogens with zero attached hydrogens (tertiary/aromatic N) is 5. The molecule has 8 nitrogen and oxygen atoms in total. The Hall–Kier alpha value is -3.04. The Kier molecular flexibility index (Phi) is 6.15. The Balaban J connectivity index is 1.34. The fraction of sp³-hybridized carbons (Fsp3) is 0.364. The summed E-state index contributed by atoms with van der Waals surface area (Å²) in [5.74, 6) is -0.109. The molecular formula is C22H25N5O3S. The van der Waals surface area contributed by atoms with Crippen LogP contribution >= 0.6 is 11.3 Å². The van der Waals surface area contributed by atoms with Crippen LogP contribution in [-0.4, -0.2) is 56.6 Å². The molecule has 0 unspecified atom stereocenters. The van der Waals surface area contributed by atoms with Gasteiger partial charge in [-0.25, -0.2) is 0 Å². The summed E-state index contributed by atoms with van der Waals surface area (Å²) in [6.07, 6.45) is 0. The molecule has 0 atom stereocenters. The van der Waals surface area contributed by atoms with E-state index in [1.807, 2.05) is 16.3 Å². The molecule has 0 N–H and O–H groups in total. The molecule has 3 aromatic rings. The van der Waals surface area contributed by atoms with Crippen molar-refractivity contribution in [2.45, 2.75) is 26.9 Å². The maximum atomic E-state index is 13.0. The second-order valence-corrected chi connectivity index (χ2v) is 8.78. The molecule has 1 aliphatic rings.